The summed E-state index contributed by atoms with van der Waals surface area (Å²) < 4.78 is 11.4. The molecule has 2 heterocycles. The number of aliphatic hydroxyl groups excluding tert-OH is 3. The van der Waals surface area contributed by atoms with Gasteiger partial charge in [-0.05, 0) is 26.0 Å². The molecule has 4 N–H and O–H groups in total. The van der Waals surface area contributed by atoms with Crippen LogP contribution in [0.2, 0.25) is 0 Å². The molecule has 0 aromatic carbocycles. The molecule has 0 aromatic heterocycles. The fourth-order valence-corrected chi connectivity index (χ4v) is 4.16. The van der Waals surface area contributed by atoms with E-state index in [4.69, 9.17) is 9.47 Å². The third-order valence-corrected chi connectivity index (χ3v) is 5.56. The number of aliphatic hydroxyl groups is 4. The highest BCUT2D eigenvalue weighted by atomic mass is 16.5. The number of ether oxygens (including phenoxy) is 2. The van der Waals surface area contributed by atoms with Crippen LogP contribution in [0, 0.1) is 5.92 Å². The fraction of sp³-hybridized carbons (Fsp3) is 0.500. The monoisotopic (exact) mass is 404 g/mol. The molecule has 158 valence electrons. The third-order valence-electron chi connectivity index (χ3n) is 5.56. The van der Waals surface area contributed by atoms with Crippen LogP contribution in [0.15, 0.2) is 59.9 Å². The zero-order valence-corrected chi connectivity index (χ0v) is 16.5. The van der Waals surface area contributed by atoms with Gasteiger partial charge in [0.1, 0.15) is 29.7 Å². The third kappa shape index (κ3) is 4.09. The second-order valence-electron chi connectivity index (χ2n) is 7.68. The SMILES string of the molecule is C/C=C/C=C\C=C\C1=C2C(=O)O[C@@H](C)C[C@@H](O)C[C@@H](O)[C@]3(O)[C@@H](O)C=C[C@H](O1)[C@H]23. The Labute approximate surface area is 170 Å². The standard InChI is InChI=1S/C22H28O7/c1-3-4-5-6-7-8-15-19-20-16(29-15)9-10-17(24)22(20,27)18(25)12-14(23)11-13(2)28-21(19)26/h3-10,13-14,16-18,20,23-25,27H,11-12H2,1-2H3/b4-3+,6-5-,8-7+/t13-,14+,16-,17-,18+,20+,22+/m0/s1. The second-order valence-corrected chi connectivity index (χ2v) is 7.68. The van der Waals surface area contributed by atoms with Crippen molar-refractivity contribution in [3.05, 3.63) is 59.9 Å². The molecule has 0 spiro atoms. The summed E-state index contributed by atoms with van der Waals surface area (Å²) in [7, 11) is 0. The highest BCUT2D eigenvalue weighted by Gasteiger charge is 2.60. The fourth-order valence-electron chi connectivity index (χ4n) is 4.16. The largest absolute Gasteiger partial charge is 0.485 e. The number of esters is 1. The summed E-state index contributed by atoms with van der Waals surface area (Å²) in [5, 5.41) is 42.8. The minimum atomic E-state index is -2.11. The Balaban J connectivity index is 2.08. The van der Waals surface area contributed by atoms with Crippen molar-refractivity contribution in [2.75, 3.05) is 0 Å². The molecule has 0 radical (unpaired) electrons. The van der Waals surface area contributed by atoms with Crippen LogP contribution in [-0.4, -0.2) is 62.5 Å². The van der Waals surface area contributed by atoms with Gasteiger partial charge in [-0.3, -0.25) is 0 Å². The van der Waals surface area contributed by atoms with Gasteiger partial charge >= 0.3 is 5.97 Å². The zero-order chi connectivity index (χ0) is 21.2. The van der Waals surface area contributed by atoms with Crippen LogP contribution in [0.1, 0.15) is 26.7 Å². The molecule has 2 aliphatic heterocycles. The molecule has 0 unspecified atom stereocenters. The molecule has 1 aliphatic carbocycles. The molecule has 0 aromatic rings. The minimum Gasteiger partial charge on any atom is -0.485 e. The van der Waals surface area contributed by atoms with Gasteiger partial charge in [0.25, 0.3) is 0 Å². The van der Waals surface area contributed by atoms with E-state index in [0.717, 1.165) is 0 Å². The number of hydrogen-bond donors (Lipinski definition) is 4. The van der Waals surface area contributed by atoms with Crippen molar-refractivity contribution >= 4 is 5.97 Å². The second kappa shape index (κ2) is 8.67. The number of allylic oxidation sites excluding steroid dienone is 6. The van der Waals surface area contributed by atoms with Crippen LogP contribution in [0.25, 0.3) is 0 Å². The zero-order valence-electron chi connectivity index (χ0n) is 16.5. The van der Waals surface area contributed by atoms with E-state index < -0.39 is 48.0 Å². The van der Waals surface area contributed by atoms with E-state index >= 15 is 0 Å². The minimum absolute atomic E-state index is 0.0684. The molecule has 0 amide bonds. The Hall–Kier alpha value is -2.19. The lowest BCUT2D eigenvalue weighted by atomic mass is 9.68. The predicted molar refractivity (Wildman–Crippen MR) is 105 cm³/mol. The lowest BCUT2D eigenvalue weighted by Crippen LogP contribution is -2.62. The number of rotatable bonds is 3. The van der Waals surface area contributed by atoms with Crippen molar-refractivity contribution in [1.82, 2.24) is 0 Å². The van der Waals surface area contributed by atoms with E-state index in [1.165, 1.54) is 6.08 Å². The van der Waals surface area contributed by atoms with E-state index in [2.05, 4.69) is 0 Å². The van der Waals surface area contributed by atoms with Gasteiger partial charge in [0.15, 0.2) is 0 Å². The topological polar surface area (TPSA) is 116 Å². The molecule has 0 bridgehead atoms. The number of carbonyl (C=O) groups excluding carboxylic acids is 1. The van der Waals surface area contributed by atoms with Crippen molar-refractivity contribution in [2.24, 2.45) is 5.92 Å². The summed E-state index contributed by atoms with van der Waals surface area (Å²) in [6, 6.07) is 0. The van der Waals surface area contributed by atoms with E-state index in [1.54, 1.807) is 31.2 Å². The highest BCUT2D eigenvalue weighted by Crippen LogP contribution is 2.47. The van der Waals surface area contributed by atoms with E-state index in [0.29, 0.717) is 0 Å². The molecule has 7 atom stereocenters. The lowest BCUT2D eigenvalue weighted by molar-refractivity contribution is -0.186. The van der Waals surface area contributed by atoms with Gasteiger partial charge in [0.05, 0.1) is 23.7 Å². The van der Waals surface area contributed by atoms with E-state index in [-0.39, 0.29) is 24.2 Å². The van der Waals surface area contributed by atoms with Gasteiger partial charge < -0.3 is 29.9 Å². The van der Waals surface area contributed by atoms with Gasteiger partial charge in [-0.1, -0.05) is 36.5 Å². The van der Waals surface area contributed by atoms with Crippen molar-refractivity contribution in [3.8, 4) is 0 Å². The first kappa shape index (κ1) is 21.5. The first-order valence-electron chi connectivity index (χ1n) is 9.81. The van der Waals surface area contributed by atoms with Gasteiger partial charge in [-0.2, -0.15) is 0 Å². The van der Waals surface area contributed by atoms with Crippen LogP contribution >= 0.6 is 0 Å². The lowest BCUT2D eigenvalue weighted by Gasteiger charge is -2.45. The molecule has 0 saturated carbocycles. The first-order chi connectivity index (χ1) is 13.8. The predicted octanol–water partition coefficient (Wildman–Crippen LogP) is 1.05. The van der Waals surface area contributed by atoms with Crippen molar-refractivity contribution in [1.29, 1.82) is 0 Å². The summed E-state index contributed by atoms with van der Waals surface area (Å²) in [5.74, 6) is -1.53. The first-order valence-corrected chi connectivity index (χ1v) is 9.81. The molecule has 7 nitrogen and oxygen atoms in total. The van der Waals surface area contributed by atoms with Gasteiger partial charge in [-0.15, -0.1) is 0 Å². The van der Waals surface area contributed by atoms with Crippen LogP contribution < -0.4 is 0 Å². The summed E-state index contributed by atoms with van der Waals surface area (Å²) in [6.07, 6.45) is 8.13. The summed E-state index contributed by atoms with van der Waals surface area (Å²) >= 11 is 0. The molecule has 3 aliphatic rings. The Kier molecular flexibility index (Phi) is 6.43. The summed E-state index contributed by atoms with van der Waals surface area (Å²) in [5.41, 5.74) is -2.04. The number of cyclic esters (lactones) is 1. The Morgan fingerprint density at radius 2 is 1.79 bits per heavy atom. The molecular formula is C22H28O7. The quantitative estimate of drug-likeness (QED) is 0.316. The average Bonchev–Trinajstić information content (AvgIpc) is 3.03. The van der Waals surface area contributed by atoms with Crippen LogP contribution in [-0.2, 0) is 14.3 Å². The maximum Gasteiger partial charge on any atom is 0.338 e. The number of hydrogen-bond acceptors (Lipinski definition) is 7. The van der Waals surface area contributed by atoms with E-state index in [1.807, 2.05) is 25.2 Å². The Morgan fingerprint density at radius 1 is 1.07 bits per heavy atom. The smallest absolute Gasteiger partial charge is 0.338 e. The molecule has 3 rings (SSSR count). The van der Waals surface area contributed by atoms with Gasteiger partial charge in [-0.25, -0.2) is 4.79 Å². The molecule has 1 fully saturated rings. The van der Waals surface area contributed by atoms with Crippen molar-refractivity contribution in [3.63, 3.8) is 0 Å². The molecule has 7 heteroatoms. The Bertz CT molecular complexity index is 778. The van der Waals surface area contributed by atoms with Crippen LogP contribution in [0.3, 0.4) is 0 Å². The van der Waals surface area contributed by atoms with Crippen molar-refractivity contribution in [2.45, 2.75) is 62.8 Å². The Morgan fingerprint density at radius 3 is 2.52 bits per heavy atom. The summed E-state index contributed by atoms with van der Waals surface area (Å²) in [4.78, 5) is 13.0. The highest BCUT2D eigenvalue weighted by molar-refractivity contribution is 5.91. The molecule has 29 heavy (non-hydrogen) atoms. The summed E-state index contributed by atoms with van der Waals surface area (Å²) in [6.45, 7) is 3.54. The average molecular weight is 404 g/mol. The van der Waals surface area contributed by atoms with Gasteiger partial charge in [0.2, 0.25) is 0 Å². The molecule has 1 saturated heterocycles. The molecular weight excluding hydrogens is 376 g/mol. The number of carbonyl (C=O) groups is 1. The maximum absolute atomic E-state index is 13.0. The normalized spacial score (nSPS) is 40.6. The van der Waals surface area contributed by atoms with Gasteiger partial charge in [0, 0.05) is 12.8 Å². The maximum atomic E-state index is 13.0. The van der Waals surface area contributed by atoms with Crippen LogP contribution in [0.5, 0.6) is 0 Å². The van der Waals surface area contributed by atoms with E-state index in [9.17, 15) is 25.2 Å². The van der Waals surface area contributed by atoms with Crippen molar-refractivity contribution < 1.29 is 34.7 Å². The van der Waals surface area contributed by atoms with Crippen LogP contribution in [0.4, 0.5) is 0 Å².